The molecule has 2 rings (SSSR count). The van der Waals surface area contributed by atoms with Crippen LogP contribution in [0, 0.1) is 0 Å². The molecular formula is C10H5F3O6P-3. The van der Waals surface area contributed by atoms with Gasteiger partial charge in [-0.05, 0) is 6.07 Å². The summed E-state index contributed by atoms with van der Waals surface area (Å²) >= 11 is 0. The Labute approximate surface area is 109 Å². The number of benzene rings is 1. The smallest absolute Gasteiger partial charge is 0.417 e. The summed E-state index contributed by atoms with van der Waals surface area (Å²) in [6, 6.07) is 6.01. The molecule has 0 saturated carbocycles. The van der Waals surface area contributed by atoms with Crippen LogP contribution in [0.3, 0.4) is 0 Å². The highest BCUT2D eigenvalue weighted by molar-refractivity contribution is 7.40. The van der Waals surface area contributed by atoms with Gasteiger partial charge in [-0.1, -0.05) is 18.2 Å². The molecule has 6 nitrogen and oxygen atoms in total. The minimum Gasteiger partial charge on any atom is -0.822 e. The van der Waals surface area contributed by atoms with Crippen LogP contribution in [0.1, 0.15) is 5.56 Å². The molecule has 0 radical (unpaired) electrons. The standard InChI is InChI=1S/C10H5F3O2.H3O4P/c11-10(12,13)7-5-9(14)15-8-4-2-1-3-6(7)8;1-5(2,3)4/h1-5H;(H3,1,2,3,4)/p-3. The molecule has 110 valence electrons. The van der Waals surface area contributed by atoms with Gasteiger partial charge in [-0.2, -0.15) is 21.0 Å². The molecule has 0 aliphatic heterocycles. The van der Waals surface area contributed by atoms with Crippen LogP contribution in [0.15, 0.2) is 39.5 Å². The first-order chi connectivity index (χ1) is 8.98. The zero-order valence-corrected chi connectivity index (χ0v) is 10.3. The first-order valence-electron chi connectivity index (χ1n) is 4.81. The molecule has 10 heteroatoms. The summed E-state index contributed by atoms with van der Waals surface area (Å²) in [6.07, 6.45) is -4.55. The monoisotopic (exact) mass is 309 g/mol. The molecule has 0 saturated heterocycles. The fourth-order valence-corrected chi connectivity index (χ4v) is 1.35. The molecule has 1 aromatic heterocycles. The highest BCUT2D eigenvalue weighted by Gasteiger charge is 2.33. The third-order valence-electron chi connectivity index (χ3n) is 1.96. The van der Waals surface area contributed by atoms with E-state index >= 15 is 0 Å². The number of hydrogen-bond donors (Lipinski definition) is 0. The van der Waals surface area contributed by atoms with E-state index in [0.717, 1.165) is 0 Å². The maximum Gasteiger partial charge on any atom is 0.417 e. The molecule has 0 aliphatic rings. The van der Waals surface area contributed by atoms with Crippen molar-refractivity contribution in [1.82, 2.24) is 0 Å². The number of phosphoric acid groups is 1. The van der Waals surface area contributed by atoms with Gasteiger partial charge in [-0.25, -0.2) is 4.79 Å². The summed E-state index contributed by atoms with van der Waals surface area (Å²) in [5.74, 6) is 0. The summed E-state index contributed by atoms with van der Waals surface area (Å²) in [6.45, 7) is 0. The number of fused-ring (bicyclic) bond motifs is 1. The van der Waals surface area contributed by atoms with Crippen molar-refractivity contribution in [3.8, 4) is 0 Å². The van der Waals surface area contributed by atoms with Crippen molar-refractivity contribution in [3.05, 3.63) is 46.3 Å². The lowest BCUT2D eigenvalue weighted by Crippen LogP contribution is -2.24. The highest BCUT2D eigenvalue weighted by Crippen LogP contribution is 2.33. The molecule has 0 aliphatic carbocycles. The van der Waals surface area contributed by atoms with Crippen molar-refractivity contribution in [2.24, 2.45) is 0 Å². The first-order valence-corrected chi connectivity index (χ1v) is 6.27. The van der Waals surface area contributed by atoms with Gasteiger partial charge in [0, 0.05) is 11.5 Å². The van der Waals surface area contributed by atoms with E-state index in [-0.39, 0.29) is 11.0 Å². The van der Waals surface area contributed by atoms with Crippen LogP contribution in [-0.4, -0.2) is 0 Å². The molecule has 1 heterocycles. The molecule has 0 bridgehead atoms. The van der Waals surface area contributed by atoms with Crippen molar-refractivity contribution >= 4 is 18.8 Å². The van der Waals surface area contributed by atoms with E-state index in [4.69, 9.17) is 19.2 Å². The van der Waals surface area contributed by atoms with Gasteiger partial charge in [0.2, 0.25) is 0 Å². The third-order valence-corrected chi connectivity index (χ3v) is 1.96. The van der Waals surface area contributed by atoms with E-state index < -0.39 is 25.2 Å². The van der Waals surface area contributed by atoms with Crippen LogP contribution in [-0.2, 0) is 10.7 Å². The predicted molar refractivity (Wildman–Crippen MR) is 55.1 cm³/mol. The fraction of sp³-hybridized carbons (Fsp3) is 0.100. The van der Waals surface area contributed by atoms with Gasteiger partial charge in [-0.15, -0.1) is 0 Å². The van der Waals surface area contributed by atoms with Crippen molar-refractivity contribution in [2.75, 3.05) is 0 Å². The Kier molecular flexibility index (Phi) is 4.72. The maximum absolute atomic E-state index is 12.5. The lowest BCUT2D eigenvalue weighted by atomic mass is 10.1. The largest absolute Gasteiger partial charge is 0.822 e. The molecule has 0 unspecified atom stereocenters. The topological polar surface area (TPSA) is 116 Å². The quantitative estimate of drug-likeness (QED) is 0.499. The van der Waals surface area contributed by atoms with Gasteiger partial charge in [-0.3, -0.25) is 0 Å². The summed E-state index contributed by atoms with van der Waals surface area (Å²) in [7, 11) is -5.39. The second-order valence-corrected chi connectivity index (χ2v) is 4.31. The summed E-state index contributed by atoms with van der Waals surface area (Å²) < 4.78 is 50.7. The van der Waals surface area contributed by atoms with Gasteiger partial charge in [0.25, 0.3) is 0 Å². The molecule has 2 aromatic rings. The van der Waals surface area contributed by atoms with Gasteiger partial charge < -0.3 is 23.7 Å². The summed E-state index contributed by atoms with van der Waals surface area (Å²) in [5, 5.41) is -0.107. The van der Waals surface area contributed by atoms with Gasteiger partial charge in [0.1, 0.15) is 5.58 Å². The van der Waals surface area contributed by atoms with E-state index in [2.05, 4.69) is 4.42 Å². The number of alkyl halides is 3. The lowest BCUT2D eigenvalue weighted by Gasteiger charge is -2.36. The van der Waals surface area contributed by atoms with E-state index in [1.54, 1.807) is 0 Å². The maximum atomic E-state index is 12.5. The molecule has 20 heavy (non-hydrogen) atoms. The van der Waals surface area contributed by atoms with Crippen LogP contribution in [0.4, 0.5) is 13.2 Å². The summed E-state index contributed by atoms with van der Waals surface area (Å²) in [5.41, 5.74) is -2.02. The molecule has 0 spiro atoms. The molecule has 0 fully saturated rings. The van der Waals surface area contributed by atoms with E-state index in [9.17, 15) is 18.0 Å². The van der Waals surface area contributed by atoms with Crippen LogP contribution >= 0.6 is 7.82 Å². The molecule has 0 N–H and O–H groups in total. The minimum absolute atomic E-state index is 0.0580. The van der Waals surface area contributed by atoms with Crippen molar-refractivity contribution in [1.29, 1.82) is 0 Å². The van der Waals surface area contributed by atoms with Crippen LogP contribution < -0.4 is 20.3 Å². The van der Waals surface area contributed by atoms with E-state index in [1.807, 2.05) is 0 Å². The van der Waals surface area contributed by atoms with E-state index in [0.29, 0.717) is 6.07 Å². The minimum atomic E-state index is -5.39. The Morgan fingerprint density at radius 1 is 1.10 bits per heavy atom. The second-order valence-electron chi connectivity index (χ2n) is 3.42. The number of rotatable bonds is 0. The molecule has 0 atom stereocenters. The number of hydrogen-bond acceptors (Lipinski definition) is 6. The van der Waals surface area contributed by atoms with Crippen molar-refractivity contribution in [2.45, 2.75) is 6.18 Å². The number of halogens is 3. The van der Waals surface area contributed by atoms with Gasteiger partial charge in [0.15, 0.2) is 0 Å². The first kappa shape index (κ1) is 16.4. The van der Waals surface area contributed by atoms with Gasteiger partial charge >= 0.3 is 11.8 Å². The Morgan fingerprint density at radius 3 is 2.10 bits per heavy atom. The average Bonchev–Trinajstić information content (AvgIpc) is 2.24. The zero-order chi connectivity index (χ0) is 15.6. The summed E-state index contributed by atoms with van der Waals surface area (Å²) in [4.78, 5) is 36.5. The van der Waals surface area contributed by atoms with Crippen molar-refractivity contribution in [3.63, 3.8) is 0 Å². The molecule has 0 amide bonds. The van der Waals surface area contributed by atoms with E-state index in [1.165, 1.54) is 24.3 Å². The lowest BCUT2D eigenvalue weighted by molar-refractivity contribution is -0.432. The van der Waals surface area contributed by atoms with Crippen LogP contribution in [0.2, 0.25) is 0 Å². The predicted octanol–water partition coefficient (Wildman–Crippen LogP) is -0.0128. The Morgan fingerprint density at radius 2 is 1.60 bits per heavy atom. The zero-order valence-electron chi connectivity index (χ0n) is 9.42. The Balaban J connectivity index is 0.000000347. The third kappa shape index (κ3) is 5.14. The normalized spacial score (nSPS) is 11.9. The molecule has 1 aromatic carbocycles. The van der Waals surface area contributed by atoms with Crippen molar-refractivity contribution < 1.29 is 36.8 Å². The second kappa shape index (κ2) is 5.76. The van der Waals surface area contributed by atoms with Crippen LogP contribution in [0.25, 0.3) is 11.0 Å². The molecular weight excluding hydrogens is 304 g/mol. The van der Waals surface area contributed by atoms with Gasteiger partial charge in [0.05, 0.1) is 5.56 Å². The van der Waals surface area contributed by atoms with Crippen LogP contribution in [0.5, 0.6) is 0 Å². The Bertz CT molecular complexity index is 694. The highest BCUT2D eigenvalue weighted by atomic mass is 31.2. The average molecular weight is 309 g/mol. The fourth-order valence-electron chi connectivity index (χ4n) is 1.35. The number of para-hydroxylation sites is 1. The SMILES string of the molecule is O=P([O-])([O-])[O-].O=c1cc(C(F)(F)F)c2ccccc2o1. The Hall–Kier alpha value is -1.67.